The number of carbonyl (C=O) groups is 1. The fraction of sp³-hybridized carbons (Fsp3) is 0.278. The monoisotopic (exact) mass is 348 g/mol. The number of rotatable bonds is 7. The van der Waals surface area contributed by atoms with Gasteiger partial charge in [0.05, 0.1) is 14.2 Å². The molecule has 2 N–H and O–H groups in total. The number of methoxy groups -OCH3 is 2. The van der Waals surface area contributed by atoms with Crippen molar-refractivity contribution in [3.05, 3.63) is 53.1 Å². The van der Waals surface area contributed by atoms with Crippen LogP contribution in [-0.2, 0) is 6.42 Å². The molecule has 0 aliphatic carbocycles. The Morgan fingerprint density at radius 2 is 1.88 bits per heavy atom. The van der Waals surface area contributed by atoms with E-state index in [1.54, 1.807) is 38.5 Å². The molecule has 2 rings (SSSR count). The summed E-state index contributed by atoms with van der Waals surface area (Å²) in [6.45, 7) is 0.570. The summed E-state index contributed by atoms with van der Waals surface area (Å²) in [5.41, 5.74) is 1.80. The first-order chi connectivity index (χ1) is 11.6. The summed E-state index contributed by atoms with van der Waals surface area (Å²) in [4.78, 5) is 11.8. The lowest BCUT2D eigenvalue weighted by atomic mass is 10.1. The van der Waals surface area contributed by atoms with Crippen LogP contribution in [0.3, 0.4) is 0 Å². The highest BCUT2D eigenvalue weighted by Gasteiger charge is 2.05. The van der Waals surface area contributed by atoms with Gasteiger partial charge in [-0.1, -0.05) is 23.7 Å². The maximum absolute atomic E-state index is 11.8. The number of halogens is 1. The first kappa shape index (κ1) is 17.9. The second kappa shape index (κ2) is 9.03. The van der Waals surface area contributed by atoms with Crippen molar-refractivity contribution in [3.8, 4) is 11.5 Å². The standard InChI is InChI=1S/C18H21ClN2O3/c1-23-16-9-8-13(11-17(16)24-2)5-4-10-20-18(22)21-15-7-3-6-14(19)12-15/h3,6-9,11-12H,4-5,10H2,1-2H3,(H2,20,21,22). The summed E-state index contributed by atoms with van der Waals surface area (Å²) in [5, 5.41) is 6.15. The Labute approximate surface area is 146 Å². The van der Waals surface area contributed by atoms with Gasteiger partial charge in [0, 0.05) is 17.3 Å². The van der Waals surface area contributed by atoms with Crippen LogP contribution in [0.15, 0.2) is 42.5 Å². The Hall–Kier alpha value is -2.40. The molecule has 128 valence electrons. The molecule has 24 heavy (non-hydrogen) atoms. The van der Waals surface area contributed by atoms with Crippen LogP contribution in [0.25, 0.3) is 0 Å². The number of hydrogen-bond donors (Lipinski definition) is 2. The van der Waals surface area contributed by atoms with E-state index in [4.69, 9.17) is 21.1 Å². The molecule has 0 aromatic heterocycles. The molecule has 0 atom stereocenters. The molecule has 0 spiro atoms. The molecule has 0 aliphatic rings. The smallest absolute Gasteiger partial charge is 0.319 e. The molecule has 2 aromatic rings. The summed E-state index contributed by atoms with van der Waals surface area (Å²) in [6, 6.07) is 12.6. The molecule has 6 heteroatoms. The molecule has 0 saturated heterocycles. The number of amides is 2. The summed E-state index contributed by atoms with van der Waals surface area (Å²) < 4.78 is 10.5. The number of aryl methyl sites for hydroxylation is 1. The molecule has 2 amide bonds. The van der Waals surface area contributed by atoms with Crippen molar-refractivity contribution in [2.75, 3.05) is 26.1 Å². The number of hydrogen-bond acceptors (Lipinski definition) is 3. The van der Waals surface area contributed by atoms with Crippen LogP contribution in [-0.4, -0.2) is 26.8 Å². The van der Waals surface area contributed by atoms with Gasteiger partial charge in [-0.05, 0) is 48.7 Å². The Bertz CT molecular complexity index is 692. The van der Waals surface area contributed by atoms with Gasteiger partial charge in [-0.3, -0.25) is 0 Å². The Morgan fingerprint density at radius 1 is 1.08 bits per heavy atom. The van der Waals surface area contributed by atoms with E-state index in [9.17, 15) is 4.79 Å². The van der Waals surface area contributed by atoms with Gasteiger partial charge < -0.3 is 20.1 Å². The third-order valence-electron chi connectivity index (χ3n) is 3.46. The minimum absolute atomic E-state index is 0.246. The predicted molar refractivity (Wildman–Crippen MR) is 96.3 cm³/mol. The van der Waals surface area contributed by atoms with Gasteiger partial charge in [0.15, 0.2) is 11.5 Å². The fourth-order valence-electron chi connectivity index (χ4n) is 2.27. The number of urea groups is 1. The predicted octanol–water partition coefficient (Wildman–Crippen LogP) is 4.11. The number of benzene rings is 2. The minimum Gasteiger partial charge on any atom is -0.493 e. The lowest BCUT2D eigenvalue weighted by Gasteiger charge is -2.10. The number of carbonyl (C=O) groups excluding carboxylic acids is 1. The average molecular weight is 349 g/mol. The lowest BCUT2D eigenvalue weighted by Crippen LogP contribution is -2.29. The van der Waals surface area contributed by atoms with Gasteiger partial charge in [-0.2, -0.15) is 0 Å². The van der Waals surface area contributed by atoms with E-state index >= 15 is 0 Å². The van der Waals surface area contributed by atoms with Crippen LogP contribution >= 0.6 is 11.6 Å². The van der Waals surface area contributed by atoms with Crippen LogP contribution in [0.5, 0.6) is 11.5 Å². The van der Waals surface area contributed by atoms with Crippen molar-refractivity contribution >= 4 is 23.3 Å². The number of ether oxygens (including phenoxy) is 2. The van der Waals surface area contributed by atoms with Crippen molar-refractivity contribution < 1.29 is 14.3 Å². The first-order valence-corrected chi connectivity index (χ1v) is 8.01. The zero-order valence-electron chi connectivity index (χ0n) is 13.8. The highest BCUT2D eigenvalue weighted by Crippen LogP contribution is 2.27. The van der Waals surface area contributed by atoms with Crippen LogP contribution in [0, 0.1) is 0 Å². The van der Waals surface area contributed by atoms with Crippen molar-refractivity contribution in [1.82, 2.24) is 5.32 Å². The summed E-state index contributed by atoms with van der Waals surface area (Å²) >= 11 is 5.88. The van der Waals surface area contributed by atoms with Gasteiger partial charge >= 0.3 is 6.03 Å². The number of nitrogens with one attached hydrogen (secondary N) is 2. The van der Waals surface area contributed by atoms with Crippen molar-refractivity contribution in [2.24, 2.45) is 0 Å². The maximum Gasteiger partial charge on any atom is 0.319 e. The zero-order chi connectivity index (χ0) is 17.4. The third-order valence-corrected chi connectivity index (χ3v) is 3.69. The van der Waals surface area contributed by atoms with Gasteiger partial charge in [0.1, 0.15) is 0 Å². The van der Waals surface area contributed by atoms with Crippen molar-refractivity contribution in [2.45, 2.75) is 12.8 Å². The van der Waals surface area contributed by atoms with Crippen LogP contribution in [0.2, 0.25) is 5.02 Å². The Morgan fingerprint density at radius 3 is 2.58 bits per heavy atom. The normalized spacial score (nSPS) is 10.1. The average Bonchev–Trinajstić information content (AvgIpc) is 2.58. The highest BCUT2D eigenvalue weighted by atomic mass is 35.5. The van der Waals surface area contributed by atoms with Crippen LogP contribution < -0.4 is 20.1 Å². The molecule has 0 fully saturated rings. The molecule has 5 nitrogen and oxygen atoms in total. The van der Waals surface area contributed by atoms with Gasteiger partial charge in [0.2, 0.25) is 0 Å². The van der Waals surface area contributed by atoms with Gasteiger partial charge in [0.25, 0.3) is 0 Å². The van der Waals surface area contributed by atoms with E-state index in [0.29, 0.717) is 28.8 Å². The quantitative estimate of drug-likeness (QED) is 0.740. The van der Waals surface area contributed by atoms with E-state index in [-0.39, 0.29) is 6.03 Å². The first-order valence-electron chi connectivity index (χ1n) is 7.63. The van der Waals surface area contributed by atoms with E-state index in [1.807, 2.05) is 18.2 Å². The molecule has 2 aromatic carbocycles. The summed E-state index contributed by atoms with van der Waals surface area (Å²) in [5.74, 6) is 1.42. The summed E-state index contributed by atoms with van der Waals surface area (Å²) in [6.07, 6.45) is 1.65. The second-order valence-electron chi connectivity index (χ2n) is 5.18. The molecule has 0 saturated carbocycles. The molecular formula is C18H21ClN2O3. The third kappa shape index (κ3) is 5.35. The molecular weight excluding hydrogens is 328 g/mol. The fourth-order valence-corrected chi connectivity index (χ4v) is 2.46. The Balaban J connectivity index is 1.75. The largest absolute Gasteiger partial charge is 0.493 e. The van der Waals surface area contributed by atoms with Crippen molar-refractivity contribution in [1.29, 1.82) is 0 Å². The molecule has 0 aliphatic heterocycles. The summed E-state index contributed by atoms with van der Waals surface area (Å²) in [7, 11) is 3.23. The SMILES string of the molecule is COc1ccc(CCCNC(=O)Nc2cccc(Cl)c2)cc1OC. The van der Waals surface area contributed by atoms with Gasteiger partial charge in [-0.15, -0.1) is 0 Å². The van der Waals surface area contributed by atoms with Crippen molar-refractivity contribution in [3.63, 3.8) is 0 Å². The van der Waals surface area contributed by atoms with E-state index in [2.05, 4.69) is 10.6 Å². The second-order valence-corrected chi connectivity index (χ2v) is 5.62. The number of anilines is 1. The van der Waals surface area contributed by atoms with Crippen LogP contribution in [0.1, 0.15) is 12.0 Å². The topological polar surface area (TPSA) is 59.6 Å². The van der Waals surface area contributed by atoms with E-state index < -0.39 is 0 Å². The molecule has 0 heterocycles. The van der Waals surface area contributed by atoms with Gasteiger partial charge in [-0.25, -0.2) is 4.79 Å². The van der Waals surface area contributed by atoms with Crippen LogP contribution in [0.4, 0.5) is 10.5 Å². The van der Waals surface area contributed by atoms with E-state index in [0.717, 1.165) is 18.4 Å². The maximum atomic E-state index is 11.8. The molecule has 0 bridgehead atoms. The van der Waals surface area contributed by atoms with E-state index in [1.165, 1.54) is 0 Å². The Kier molecular flexibility index (Phi) is 6.75. The lowest BCUT2D eigenvalue weighted by molar-refractivity contribution is 0.252. The minimum atomic E-state index is -0.246. The molecule has 0 radical (unpaired) electrons. The zero-order valence-corrected chi connectivity index (χ0v) is 14.5. The highest BCUT2D eigenvalue weighted by molar-refractivity contribution is 6.30. The molecule has 0 unspecified atom stereocenters.